The van der Waals surface area contributed by atoms with Gasteiger partial charge >= 0.3 is 0 Å². The Bertz CT molecular complexity index is 241. The summed E-state index contributed by atoms with van der Waals surface area (Å²) in [6.45, 7) is 3.97. The highest BCUT2D eigenvalue weighted by Crippen LogP contribution is 2.19. The Hall–Kier alpha value is -0.480. The van der Waals surface area contributed by atoms with Crippen LogP contribution >= 0.6 is 11.9 Å². The summed E-state index contributed by atoms with van der Waals surface area (Å²) in [5.41, 5.74) is 2.14. The summed E-state index contributed by atoms with van der Waals surface area (Å²) in [5.74, 6) is 0. The van der Waals surface area contributed by atoms with Crippen molar-refractivity contribution in [3.8, 4) is 0 Å². The molecule has 1 aromatic heterocycles. The normalized spacial score (nSPS) is 10.4. The Kier molecular flexibility index (Phi) is 2.01. The molecule has 0 spiro atoms. The summed E-state index contributed by atoms with van der Waals surface area (Å²) in [6.07, 6.45) is 0. The zero-order valence-corrected chi connectivity index (χ0v) is 7.20. The van der Waals surface area contributed by atoms with Crippen LogP contribution in [-0.4, -0.2) is 9.78 Å². The van der Waals surface area contributed by atoms with Crippen LogP contribution in [0.25, 0.3) is 0 Å². The fourth-order valence-electron chi connectivity index (χ4n) is 0.925. The molecule has 0 aromatic carbocycles. The fourth-order valence-corrected chi connectivity index (χ4v) is 1.44. The quantitative estimate of drug-likeness (QED) is 0.618. The molecule has 56 valence electrons. The van der Waals surface area contributed by atoms with E-state index >= 15 is 0 Å². The highest BCUT2D eigenvalue weighted by atomic mass is 32.2. The van der Waals surface area contributed by atoms with Crippen LogP contribution in [0, 0.1) is 13.8 Å². The van der Waals surface area contributed by atoms with Gasteiger partial charge in [-0.1, -0.05) is 0 Å². The van der Waals surface area contributed by atoms with Gasteiger partial charge in [-0.2, -0.15) is 5.10 Å². The molecule has 0 amide bonds. The Labute approximate surface area is 64.7 Å². The number of hydrogen-bond acceptors (Lipinski definition) is 3. The molecule has 1 heterocycles. The summed E-state index contributed by atoms with van der Waals surface area (Å²) in [6, 6.07) is 0. The molecule has 0 saturated carbocycles. The van der Waals surface area contributed by atoms with Gasteiger partial charge in [0.2, 0.25) is 0 Å². The van der Waals surface area contributed by atoms with Crippen molar-refractivity contribution in [2.24, 2.45) is 12.2 Å². The van der Waals surface area contributed by atoms with E-state index < -0.39 is 0 Å². The molecular formula is C6H11N3S. The molecule has 0 aliphatic heterocycles. The van der Waals surface area contributed by atoms with Crippen molar-refractivity contribution >= 4 is 11.9 Å². The summed E-state index contributed by atoms with van der Waals surface area (Å²) in [7, 11) is 1.92. The number of nitrogens with zero attached hydrogens (tertiary/aromatic N) is 2. The predicted octanol–water partition coefficient (Wildman–Crippen LogP) is 1.00. The number of aromatic nitrogens is 2. The van der Waals surface area contributed by atoms with Gasteiger partial charge in [0.25, 0.3) is 0 Å². The molecule has 0 atom stereocenters. The molecule has 0 unspecified atom stereocenters. The van der Waals surface area contributed by atoms with Crippen molar-refractivity contribution in [1.82, 2.24) is 9.78 Å². The molecule has 0 fully saturated rings. The molecule has 10 heavy (non-hydrogen) atoms. The first-order valence-electron chi connectivity index (χ1n) is 3.03. The van der Waals surface area contributed by atoms with E-state index in [-0.39, 0.29) is 0 Å². The zero-order valence-electron chi connectivity index (χ0n) is 6.38. The standard InChI is InChI=1S/C6H11N3S/c1-4-6(10-7)5(2)9(3)8-4/h7H2,1-3H3. The van der Waals surface area contributed by atoms with Crippen LogP contribution in [0.5, 0.6) is 0 Å². The number of aryl methyl sites for hydroxylation is 2. The molecule has 0 aliphatic rings. The minimum Gasteiger partial charge on any atom is -0.273 e. The molecular weight excluding hydrogens is 146 g/mol. The monoisotopic (exact) mass is 157 g/mol. The Morgan fingerprint density at radius 2 is 2.10 bits per heavy atom. The van der Waals surface area contributed by atoms with Gasteiger partial charge in [0.15, 0.2) is 0 Å². The smallest absolute Gasteiger partial charge is 0.0745 e. The van der Waals surface area contributed by atoms with E-state index in [4.69, 9.17) is 5.14 Å². The second-order valence-corrected chi connectivity index (χ2v) is 2.89. The highest BCUT2D eigenvalue weighted by molar-refractivity contribution is 7.97. The fraction of sp³-hybridized carbons (Fsp3) is 0.500. The maximum Gasteiger partial charge on any atom is 0.0745 e. The van der Waals surface area contributed by atoms with E-state index in [1.165, 1.54) is 11.9 Å². The third-order valence-electron chi connectivity index (χ3n) is 1.56. The van der Waals surface area contributed by atoms with E-state index in [0.29, 0.717) is 0 Å². The van der Waals surface area contributed by atoms with Crippen LogP contribution in [0.3, 0.4) is 0 Å². The van der Waals surface area contributed by atoms with Crippen LogP contribution in [0.15, 0.2) is 4.90 Å². The summed E-state index contributed by atoms with van der Waals surface area (Å²) >= 11 is 1.26. The first-order valence-corrected chi connectivity index (χ1v) is 3.91. The molecule has 0 bridgehead atoms. The minimum atomic E-state index is 1.01. The topological polar surface area (TPSA) is 43.8 Å². The van der Waals surface area contributed by atoms with Gasteiger partial charge in [-0.25, -0.2) is 0 Å². The lowest BCUT2D eigenvalue weighted by atomic mass is 10.4. The SMILES string of the molecule is Cc1nn(C)c(C)c1SN. The van der Waals surface area contributed by atoms with E-state index in [1.807, 2.05) is 25.6 Å². The lowest BCUT2D eigenvalue weighted by Gasteiger charge is -1.93. The van der Waals surface area contributed by atoms with Gasteiger partial charge in [0.05, 0.1) is 16.3 Å². The van der Waals surface area contributed by atoms with Crippen LogP contribution in [0.4, 0.5) is 0 Å². The summed E-state index contributed by atoms with van der Waals surface area (Å²) in [4.78, 5) is 1.09. The first kappa shape index (κ1) is 7.63. The molecule has 1 rings (SSSR count). The minimum absolute atomic E-state index is 1.01. The third kappa shape index (κ3) is 1.04. The molecule has 0 aliphatic carbocycles. The van der Waals surface area contributed by atoms with Crippen LogP contribution < -0.4 is 5.14 Å². The average Bonchev–Trinajstić information content (AvgIpc) is 2.09. The van der Waals surface area contributed by atoms with E-state index in [2.05, 4.69) is 5.10 Å². The van der Waals surface area contributed by atoms with Gasteiger partial charge in [0, 0.05) is 7.05 Å². The lowest BCUT2D eigenvalue weighted by molar-refractivity contribution is 0.729. The maximum atomic E-state index is 5.43. The zero-order chi connectivity index (χ0) is 7.72. The third-order valence-corrected chi connectivity index (χ3v) is 2.39. The summed E-state index contributed by atoms with van der Waals surface area (Å²) in [5, 5.41) is 9.63. The number of nitrogens with two attached hydrogens (primary N) is 1. The maximum absolute atomic E-state index is 5.43. The molecule has 4 heteroatoms. The van der Waals surface area contributed by atoms with E-state index in [0.717, 1.165) is 16.3 Å². The summed E-state index contributed by atoms with van der Waals surface area (Å²) < 4.78 is 1.84. The largest absolute Gasteiger partial charge is 0.273 e. The lowest BCUT2D eigenvalue weighted by Crippen LogP contribution is -1.92. The van der Waals surface area contributed by atoms with E-state index in [1.54, 1.807) is 0 Å². The molecule has 3 nitrogen and oxygen atoms in total. The van der Waals surface area contributed by atoms with Gasteiger partial charge in [-0.05, 0) is 25.8 Å². The van der Waals surface area contributed by atoms with Gasteiger partial charge < -0.3 is 0 Å². The van der Waals surface area contributed by atoms with Crippen molar-refractivity contribution in [3.05, 3.63) is 11.4 Å². The number of rotatable bonds is 1. The van der Waals surface area contributed by atoms with Crippen molar-refractivity contribution < 1.29 is 0 Å². The molecule has 2 N–H and O–H groups in total. The highest BCUT2D eigenvalue weighted by Gasteiger charge is 2.06. The molecule has 1 aromatic rings. The number of hydrogen-bond donors (Lipinski definition) is 1. The second kappa shape index (κ2) is 2.64. The van der Waals surface area contributed by atoms with Crippen molar-refractivity contribution in [3.63, 3.8) is 0 Å². The Morgan fingerprint density at radius 1 is 1.50 bits per heavy atom. The Balaban J connectivity index is 3.20. The molecule has 0 radical (unpaired) electrons. The Morgan fingerprint density at radius 3 is 2.30 bits per heavy atom. The van der Waals surface area contributed by atoms with Gasteiger partial charge in [-0.3, -0.25) is 9.82 Å². The van der Waals surface area contributed by atoms with E-state index in [9.17, 15) is 0 Å². The molecule has 0 saturated heterocycles. The van der Waals surface area contributed by atoms with Crippen molar-refractivity contribution in [2.75, 3.05) is 0 Å². The van der Waals surface area contributed by atoms with Crippen molar-refractivity contribution in [2.45, 2.75) is 18.7 Å². The predicted molar refractivity (Wildman–Crippen MR) is 42.7 cm³/mol. The second-order valence-electron chi connectivity index (χ2n) is 2.24. The van der Waals surface area contributed by atoms with Crippen LogP contribution in [-0.2, 0) is 7.05 Å². The first-order chi connectivity index (χ1) is 4.66. The van der Waals surface area contributed by atoms with Crippen molar-refractivity contribution in [1.29, 1.82) is 0 Å². The van der Waals surface area contributed by atoms with Gasteiger partial charge in [-0.15, -0.1) is 0 Å². The van der Waals surface area contributed by atoms with Gasteiger partial charge in [0.1, 0.15) is 0 Å². The average molecular weight is 157 g/mol. The van der Waals surface area contributed by atoms with Crippen LogP contribution in [0.2, 0.25) is 0 Å². The van der Waals surface area contributed by atoms with Crippen LogP contribution in [0.1, 0.15) is 11.4 Å².